The molecule has 1 heterocycles. The molecule has 2 rings (SSSR count). The Bertz CT molecular complexity index is 78.9. The van der Waals surface area contributed by atoms with Crippen LogP contribution in [-0.4, -0.2) is 13.1 Å². The highest BCUT2D eigenvalue weighted by Crippen LogP contribution is 2.32. The molecule has 1 aliphatic heterocycles. The van der Waals surface area contributed by atoms with Crippen molar-refractivity contribution in [1.82, 2.24) is 11.5 Å². The average Bonchev–Trinajstić information content (AvgIpc) is 2.12. The fraction of sp³-hybridized carbons (Fsp3) is 1.00. The lowest BCUT2D eigenvalue weighted by molar-refractivity contribution is 0.379. The van der Waals surface area contributed by atoms with Crippen molar-refractivity contribution < 1.29 is 0 Å². The summed E-state index contributed by atoms with van der Waals surface area (Å²) in [4.78, 5) is 0. The molecule has 3 radical (unpaired) electrons. The Labute approximate surface area is 56.6 Å². The van der Waals surface area contributed by atoms with Gasteiger partial charge >= 0.3 is 0 Å². The van der Waals surface area contributed by atoms with Gasteiger partial charge in [0, 0.05) is 6.15 Å². The lowest BCUT2D eigenvalue weighted by atomic mass is 10.0. The van der Waals surface area contributed by atoms with E-state index in [9.17, 15) is 0 Å². The topological polar surface area (TPSA) is 42.5 Å². The molecule has 1 aliphatic carbocycles. The largest absolute Gasteiger partial charge is 0.316 e. The first kappa shape index (κ1) is 7.03. The van der Waals surface area contributed by atoms with E-state index < -0.39 is 0 Å². The van der Waals surface area contributed by atoms with Crippen molar-refractivity contribution in [3.63, 3.8) is 0 Å². The van der Waals surface area contributed by atoms with Crippen molar-refractivity contribution in [2.24, 2.45) is 11.8 Å². The molecule has 2 bridgehead atoms. The van der Waals surface area contributed by atoms with Gasteiger partial charge in [-0.1, -0.05) is 0 Å². The van der Waals surface area contributed by atoms with Crippen LogP contribution in [0.1, 0.15) is 19.3 Å². The fourth-order valence-electron chi connectivity index (χ4n) is 2.04. The minimum Gasteiger partial charge on any atom is -0.316 e. The maximum absolute atomic E-state index is 3.45. The third kappa shape index (κ3) is 1.25. The van der Waals surface area contributed by atoms with E-state index in [1.165, 1.54) is 32.4 Å². The second-order valence-corrected chi connectivity index (χ2v) is 3.20. The maximum atomic E-state index is 3.45. The summed E-state index contributed by atoms with van der Waals surface area (Å²) in [5.41, 5.74) is 0. The molecule has 51 valence electrons. The third-order valence-corrected chi connectivity index (χ3v) is 2.52. The highest BCUT2D eigenvalue weighted by molar-refractivity contribution is 4.82. The van der Waals surface area contributed by atoms with E-state index in [0.29, 0.717) is 0 Å². The van der Waals surface area contributed by atoms with Crippen molar-refractivity contribution >= 4 is 0 Å². The molecule has 0 aromatic heterocycles. The maximum Gasteiger partial charge on any atom is 0 e. The Kier molecular flexibility index (Phi) is 2.09. The fourth-order valence-corrected chi connectivity index (χ4v) is 2.04. The molecule has 0 aromatic carbocycles. The molecule has 2 atom stereocenters. The summed E-state index contributed by atoms with van der Waals surface area (Å²) < 4.78 is 0. The van der Waals surface area contributed by atoms with E-state index in [1.807, 2.05) is 0 Å². The normalized spacial score (nSPS) is 40.0. The first-order valence-electron chi connectivity index (χ1n) is 3.66. The molecule has 0 aromatic rings. The molecule has 1 N–H and O–H groups in total. The monoisotopic (exact) mass is 125 g/mol. The number of hydrogen-bond acceptors (Lipinski definition) is 1. The average molecular weight is 125 g/mol. The van der Waals surface area contributed by atoms with Crippen molar-refractivity contribution in [3.8, 4) is 0 Å². The summed E-state index contributed by atoms with van der Waals surface area (Å²) in [5, 5.41) is 3.45. The number of nitrogens with one attached hydrogen (secondary N) is 1. The van der Waals surface area contributed by atoms with Gasteiger partial charge in [0.1, 0.15) is 0 Å². The van der Waals surface area contributed by atoms with Gasteiger partial charge in [-0.15, -0.1) is 0 Å². The van der Waals surface area contributed by atoms with Crippen molar-refractivity contribution in [3.05, 3.63) is 0 Å². The van der Waals surface area contributed by atoms with Crippen molar-refractivity contribution in [2.45, 2.75) is 19.3 Å². The summed E-state index contributed by atoms with van der Waals surface area (Å²) in [5.74, 6) is 2.10. The van der Waals surface area contributed by atoms with Crippen LogP contribution in [-0.2, 0) is 0 Å². The first-order valence-corrected chi connectivity index (χ1v) is 3.66. The van der Waals surface area contributed by atoms with Gasteiger partial charge < -0.3 is 5.32 Å². The second-order valence-electron chi connectivity index (χ2n) is 3.20. The van der Waals surface area contributed by atoms with Gasteiger partial charge in [-0.3, -0.25) is 0 Å². The van der Waals surface area contributed by atoms with Crippen molar-refractivity contribution in [2.75, 3.05) is 13.1 Å². The van der Waals surface area contributed by atoms with E-state index in [4.69, 9.17) is 0 Å². The quantitative estimate of drug-likeness (QED) is 0.504. The van der Waals surface area contributed by atoms with E-state index in [2.05, 4.69) is 5.32 Å². The van der Waals surface area contributed by atoms with E-state index >= 15 is 0 Å². The number of nitrogens with zero attached hydrogens (tertiary/aromatic N) is 1. The van der Waals surface area contributed by atoms with Crippen LogP contribution in [0.15, 0.2) is 0 Å². The van der Waals surface area contributed by atoms with Gasteiger partial charge in [-0.2, -0.15) is 0 Å². The molecular formula is C7H13N2. The third-order valence-electron chi connectivity index (χ3n) is 2.52. The Morgan fingerprint density at radius 3 is 2.00 bits per heavy atom. The van der Waals surface area contributed by atoms with Crippen LogP contribution in [0.2, 0.25) is 0 Å². The van der Waals surface area contributed by atoms with E-state index in [-0.39, 0.29) is 6.15 Å². The summed E-state index contributed by atoms with van der Waals surface area (Å²) in [6.45, 7) is 2.60. The van der Waals surface area contributed by atoms with Crippen LogP contribution < -0.4 is 11.5 Å². The Morgan fingerprint density at radius 2 is 1.56 bits per heavy atom. The molecule has 1 saturated carbocycles. The van der Waals surface area contributed by atoms with Gasteiger partial charge in [0.05, 0.1) is 0 Å². The van der Waals surface area contributed by atoms with Gasteiger partial charge in [0.2, 0.25) is 0 Å². The Morgan fingerprint density at radius 1 is 1.00 bits per heavy atom. The first-order chi connectivity index (χ1) is 3.95. The van der Waals surface area contributed by atoms with Gasteiger partial charge in [-0.05, 0) is 44.2 Å². The van der Waals surface area contributed by atoms with Gasteiger partial charge in [-0.25, -0.2) is 0 Å². The second kappa shape index (κ2) is 2.67. The lowest BCUT2D eigenvalue weighted by Gasteiger charge is -2.18. The van der Waals surface area contributed by atoms with Crippen molar-refractivity contribution in [1.29, 1.82) is 0 Å². The standard InChI is InChI=1S/C7H13N.N/c1-2-7-3-6(1)4-8-5-7;/h6-8H,1-5H2;. The molecule has 2 unspecified atom stereocenters. The minimum atomic E-state index is 0. The molecule has 1 saturated heterocycles. The molecule has 0 spiro atoms. The molecule has 2 aliphatic rings. The lowest BCUT2D eigenvalue weighted by Crippen LogP contribution is -2.30. The smallest absolute Gasteiger partial charge is 0 e. The SMILES string of the molecule is C1CC2CNCC1C2.[N]. The summed E-state index contributed by atoms with van der Waals surface area (Å²) in [6, 6.07) is 0. The Hall–Kier alpha value is -0.0800. The zero-order chi connectivity index (χ0) is 5.40. The molecule has 9 heavy (non-hydrogen) atoms. The molecule has 0 amide bonds. The molecule has 2 heteroatoms. The zero-order valence-corrected chi connectivity index (χ0v) is 5.64. The highest BCUT2D eigenvalue weighted by atomic mass is 14.9. The summed E-state index contributed by atoms with van der Waals surface area (Å²) in [6.07, 6.45) is 4.52. The predicted molar refractivity (Wildman–Crippen MR) is 35.8 cm³/mol. The van der Waals surface area contributed by atoms with Crippen LogP contribution in [0.25, 0.3) is 0 Å². The summed E-state index contributed by atoms with van der Waals surface area (Å²) >= 11 is 0. The Balaban J connectivity index is 0.000000405. The highest BCUT2D eigenvalue weighted by Gasteiger charge is 2.27. The minimum absolute atomic E-state index is 0. The molecular weight excluding hydrogens is 112 g/mol. The zero-order valence-electron chi connectivity index (χ0n) is 5.64. The van der Waals surface area contributed by atoms with Crippen LogP contribution >= 0.6 is 0 Å². The van der Waals surface area contributed by atoms with Gasteiger partial charge in [0.25, 0.3) is 0 Å². The number of hydrogen-bond donors (Lipinski definition) is 1. The van der Waals surface area contributed by atoms with Crippen LogP contribution in [0.4, 0.5) is 0 Å². The summed E-state index contributed by atoms with van der Waals surface area (Å²) in [7, 11) is 0. The van der Waals surface area contributed by atoms with Crippen LogP contribution in [0.3, 0.4) is 0 Å². The number of fused-ring (bicyclic) bond motifs is 2. The predicted octanol–water partition coefficient (Wildman–Crippen LogP) is 0.525. The van der Waals surface area contributed by atoms with Crippen LogP contribution in [0.5, 0.6) is 0 Å². The van der Waals surface area contributed by atoms with Gasteiger partial charge in [0.15, 0.2) is 0 Å². The van der Waals surface area contributed by atoms with Crippen LogP contribution in [0, 0.1) is 11.8 Å². The number of rotatable bonds is 0. The number of piperidine rings is 1. The molecule has 2 fully saturated rings. The van der Waals surface area contributed by atoms with E-state index in [0.717, 1.165) is 11.8 Å². The van der Waals surface area contributed by atoms with E-state index in [1.54, 1.807) is 0 Å². The molecule has 2 nitrogen and oxygen atoms in total.